The monoisotopic (exact) mass is 555 g/mol. The van der Waals surface area contributed by atoms with Crippen LogP contribution in [0, 0.1) is 12.7 Å². The lowest BCUT2D eigenvalue weighted by atomic mass is 9.74. The van der Waals surface area contributed by atoms with Gasteiger partial charge in [0.05, 0.1) is 0 Å². The molecule has 174 valence electrons. The van der Waals surface area contributed by atoms with E-state index < -0.39 is 0 Å². The van der Waals surface area contributed by atoms with E-state index in [1.807, 2.05) is 19.1 Å². The molecule has 4 rings (SSSR count). The number of benzene rings is 2. The van der Waals surface area contributed by atoms with E-state index in [9.17, 15) is 4.39 Å². The first-order valence-electron chi connectivity index (χ1n) is 10.8. The summed E-state index contributed by atoms with van der Waals surface area (Å²) in [6, 6.07) is 11.2. The summed E-state index contributed by atoms with van der Waals surface area (Å²) in [7, 11) is 1.77. The molecule has 1 saturated heterocycles. The topological polar surface area (TPSA) is 64.1 Å². The van der Waals surface area contributed by atoms with E-state index in [1.54, 1.807) is 13.1 Å². The van der Waals surface area contributed by atoms with Crippen molar-refractivity contribution in [2.75, 3.05) is 40.1 Å². The molecule has 0 unspecified atom stereocenters. The standard InChI is InChI=1S/C24H30FN3O3.HI/c1-17-13-20(25)5-3-18(17)7-10-27-23(26-2)28-15-24(8-11-29-12-9-24)19-4-6-21-22(14-19)31-16-30-21;/h3-6,13-14H,7-12,15-16H2,1-2H3,(H2,26,27,28);1H. The van der Waals surface area contributed by atoms with Crippen LogP contribution in [0.4, 0.5) is 4.39 Å². The third-order valence-electron chi connectivity index (χ3n) is 6.24. The van der Waals surface area contributed by atoms with E-state index in [-0.39, 0.29) is 42.0 Å². The summed E-state index contributed by atoms with van der Waals surface area (Å²) in [6.07, 6.45) is 2.64. The van der Waals surface area contributed by atoms with E-state index >= 15 is 0 Å². The van der Waals surface area contributed by atoms with E-state index in [0.29, 0.717) is 6.54 Å². The van der Waals surface area contributed by atoms with Gasteiger partial charge in [-0.2, -0.15) is 0 Å². The van der Waals surface area contributed by atoms with E-state index in [1.165, 1.54) is 11.6 Å². The smallest absolute Gasteiger partial charge is 0.231 e. The minimum Gasteiger partial charge on any atom is -0.454 e. The van der Waals surface area contributed by atoms with Crippen molar-refractivity contribution < 1.29 is 18.6 Å². The third kappa shape index (κ3) is 5.64. The van der Waals surface area contributed by atoms with Crippen LogP contribution in [0.5, 0.6) is 11.5 Å². The highest BCUT2D eigenvalue weighted by atomic mass is 127. The zero-order chi connectivity index (χ0) is 21.7. The van der Waals surface area contributed by atoms with E-state index in [0.717, 1.165) is 67.6 Å². The molecule has 0 bridgehead atoms. The van der Waals surface area contributed by atoms with E-state index in [4.69, 9.17) is 14.2 Å². The fourth-order valence-corrected chi connectivity index (χ4v) is 4.28. The third-order valence-corrected chi connectivity index (χ3v) is 6.24. The van der Waals surface area contributed by atoms with Crippen molar-refractivity contribution in [2.45, 2.75) is 31.6 Å². The Balaban J connectivity index is 0.00000289. The molecule has 2 aromatic carbocycles. The molecule has 0 amide bonds. The number of rotatable bonds is 6. The van der Waals surface area contributed by atoms with Crippen molar-refractivity contribution in [3.8, 4) is 11.5 Å². The van der Waals surface area contributed by atoms with Gasteiger partial charge in [-0.15, -0.1) is 24.0 Å². The predicted molar refractivity (Wildman–Crippen MR) is 134 cm³/mol. The number of hydrogen-bond acceptors (Lipinski definition) is 4. The molecule has 2 N–H and O–H groups in total. The lowest BCUT2D eigenvalue weighted by molar-refractivity contribution is 0.0513. The second-order valence-electron chi connectivity index (χ2n) is 8.13. The maximum Gasteiger partial charge on any atom is 0.231 e. The highest BCUT2D eigenvalue weighted by Gasteiger charge is 2.35. The Morgan fingerprint density at radius 3 is 2.59 bits per heavy atom. The summed E-state index contributed by atoms with van der Waals surface area (Å²) in [6.45, 7) is 5.12. The second kappa shape index (κ2) is 11.2. The largest absolute Gasteiger partial charge is 0.454 e. The molecule has 0 aromatic heterocycles. The first-order valence-corrected chi connectivity index (χ1v) is 10.8. The van der Waals surface area contributed by atoms with Gasteiger partial charge in [0.2, 0.25) is 6.79 Å². The fraction of sp³-hybridized carbons (Fsp3) is 0.458. The molecule has 8 heteroatoms. The van der Waals surface area contributed by atoms with Crippen molar-refractivity contribution in [3.05, 3.63) is 58.9 Å². The number of ether oxygens (including phenoxy) is 3. The normalized spacial score (nSPS) is 16.9. The van der Waals surface area contributed by atoms with Crippen LogP contribution in [0.1, 0.15) is 29.5 Å². The van der Waals surface area contributed by atoms with Gasteiger partial charge in [-0.1, -0.05) is 12.1 Å². The highest BCUT2D eigenvalue weighted by Crippen LogP contribution is 2.40. The van der Waals surface area contributed by atoms with Crippen molar-refractivity contribution in [3.63, 3.8) is 0 Å². The van der Waals surface area contributed by atoms with Crippen molar-refractivity contribution in [1.29, 1.82) is 0 Å². The number of hydrogen-bond donors (Lipinski definition) is 2. The Bertz CT molecular complexity index is 948. The Morgan fingerprint density at radius 2 is 1.84 bits per heavy atom. The van der Waals surface area contributed by atoms with Crippen LogP contribution in [0.2, 0.25) is 0 Å². The van der Waals surface area contributed by atoms with Gasteiger partial charge in [0.15, 0.2) is 17.5 Å². The lowest BCUT2D eigenvalue weighted by Crippen LogP contribution is -2.48. The van der Waals surface area contributed by atoms with Crippen LogP contribution in [0.15, 0.2) is 41.4 Å². The molecule has 2 aromatic rings. The summed E-state index contributed by atoms with van der Waals surface area (Å²) in [4.78, 5) is 4.38. The summed E-state index contributed by atoms with van der Waals surface area (Å²) in [5.41, 5.74) is 3.26. The molecular weight excluding hydrogens is 524 g/mol. The van der Waals surface area contributed by atoms with Gasteiger partial charge in [0.1, 0.15) is 5.82 Å². The molecule has 2 heterocycles. The van der Waals surface area contributed by atoms with Crippen molar-refractivity contribution in [1.82, 2.24) is 10.6 Å². The van der Waals surface area contributed by atoms with Gasteiger partial charge in [0, 0.05) is 38.8 Å². The van der Waals surface area contributed by atoms with Crippen LogP contribution < -0.4 is 20.1 Å². The molecule has 2 aliphatic rings. The van der Waals surface area contributed by atoms with Gasteiger partial charge >= 0.3 is 0 Å². The Kier molecular flexibility index (Phi) is 8.58. The zero-order valence-electron chi connectivity index (χ0n) is 18.6. The molecule has 0 spiro atoms. The van der Waals surface area contributed by atoms with Gasteiger partial charge in [-0.3, -0.25) is 4.99 Å². The lowest BCUT2D eigenvalue weighted by Gasteiger charge is -2.38. The Morgan fingerprint density at radius 1 is 1.06 bits per heavy atom. The highest BCUT2D eigenvalue weighted by molar-refractivity contribution is 14.0. The Labute approximate surface area is 206 Å². The van der Waals surface area contributed by atoms with Gasteiger partial charge in [-0.05, 0) is 67.1 Å². The summed E-state index contributed by atoms with van der Waals surface area (Å²) in [5.74, 6) is 2.16. The SMILES string of the molecule is CN=C(NCCc1ccc(F)cc1C)NCC1(c2ccc3c(c2)OCO3)CCOCC1.I. The first-order chi connectivity index (χ1) is 15.1. The van der Waals surface area contributed by atoms with Crippen LogP contribution in [-0.4, -0.2) is 46.1 Å². The second-order valence-corrected chi connectivity index (χ2v) is 8.13. The summed E-state index contributed by atoms with van der Waals surface area (Å²) >= 11 is 0. The average molecular weight is 555 g/mol. The number of nitrogens with one attached hydrogen (secondary N) is 2. The van der Waals surface area contributed by atoms with Crippen LogP contribution in [0.3, 0.4) is 0 Å². The number of guanidine groups is 1. The number of fused-ring (bicyclic) bond motifs is 1. The van der Waals surface area contributed by atoms with Gasteiger partial charge < -0.3 is 24.8 Å². The molecule has 0 atom stereocenters. The number of nitrogens with zero attached hydrogens (tertiary/aromatic N) is 1. The van der Waals surface area contributed by atoms with Crippen LogP contribution >= 0.6 is 24.0 Å². The number of halogens is 2. The number of aliphatic imine (C=N–C) groups is 1. The zero-order valence-corrected chi connectivity index (χ0v) is 20.9. The summed E-state index contributed by atoms with van der Waals surface area (Å²) in [5, 5.41) is 6.89. The number of aryl methyl sites for hydroxylation is 1. The average Bonchev–Trinajstić information content (AvgIpc) is 3.26. The molecule has 32 heavy (non-hydrogen) atoms. The molecule has 6 nitrogen and oxygen atoms in total. The van der Waals surface area contributed by atoms with Gasteiger partial charge in [0.25, 0.3) is 0 Å². The molecular formula is C24H31FIN3O3. The maximum absolute atomic E-state index is 13.3. The summed E-state index contributed by atoms with van der Waals surface area (Å²) < 4.78 is 30.0. The van der Waals surface area contributed by atoms with Crippen molar-refractivity contribution in [2.24, 2.45) is 4.99 Å². The Hall–Kier alpha value is -2.07. The molecule has 0 saturated carbocycles. The van der Waals surface area contributed by atoms with Gasteiger partial charge in [-0.25, -0.2) is 4.39 Å². The fourth-order valence-electron chi connectivity index (χ4n) is 4.28. The maximum atomic E-state index is 13.3. The molecule has 1 fully saturated rings. The predicted octanol–water partition coefficient (Wildman–Crippen LogP) is 3.94. The first kappa shape index (κ1) is 24.6. The molecule has 2 aliphatic heterocycles. The van der Waals surface area contributed by atoms with Crippen LogP contribution in [-0.2, 0) is 16.6 Å². The van der Waals surface area contributed by atoms with Crippen LogP contribution in [0.25, 0.3) is 0 Å². The van der Waals surface area contributed by atoms with E-state index in [2.05, 4.69) is 27.8 Å². The minimum atomic E-state index is -0.197. The molecule has 0 aliphatic carbocycles. The van der Waals surface area contributed by atoms with Crippen molar-refractivity contribution >= 4 is 29.9 Å². The molecule has 0 radical (unpaired) electrons. The minimum absolute atomic E-state index is 0. The quantitative estimate of drug-likeness (QED) is 0.322.